The first-order chi connectivity index (χ1) is 13.7. The number of halogens is 2. The van der Waals surface area contributed by atoms with Crippen LogP contribution in [-0.4, -0.2) is 42.2 Å². The quantitative estimate of drug-likeness (QED) is 0.250. The monoisotopic (exact) mass is 461 g/mol. The molecule has 2 unspecified atom stereocenters. The Morgan fingerprint density at radius 3 is 2.59 bits per heavy atom. The minimum Gasteiger partial charge on any atom is -0.463 e. The van der Waals surface area contributed by atoms with Gasteiger partial charge in [0.05, 0.1) is 16.1 Å². The second-order valence-corrected chi connectivity index (χ2v) is 8.43. The molecule has 11 heteroatoms. The summed E-state index contributed by atoms with van der Waals surface area (Å²) >= 11 is 13.5. The summed E-state index contributed by atoms with van der Waals surface area (Å²) in [5.41, 5.74) is 9.55. The van der Waals surface area contributed by atoms with E-state index in [4.69, 9.17) is 42.9 Å². The summed E-state index contributed by atoms with van der Waals surface area (Å²) in [7, 11) is 0. The number of nitrogens with zero attached hydrogens (tertiary/aromatic N) is 3. The third-order valence-corrected chi connectivity index (χ3v) is 6.42. The van der Waals surface area contributed by atoms with E-state index in [1.807, 2.05) is 13.0 Å². The van der Waals surface area contributed by atoms with Crippen molar-refractivity contribution in [2.24, 2.45) is 11.0 Å². The Morgan fingerprint density at radius 2 is 2.00 bits per heavy atom. The maximum absolute atomic E-state index is 11.6. The zero-order valence-electron chi connectivity index (χ0n) is 16.1. The predicted molar refractivity (Wildman–Crippen MR) is 111 cm³/mol. The van der Waals surface area contributed by atoms with Crippen LogP contribution >= 0.6 is 35.0 Å². The van der Waals surface area contributed by atoms with Crippen LogP contribution in [0.5, 0.6) is 0 Å². The molecule has 0 spiro atoms. The van der Waals surface area contributed by atoms with Crippen LogP contribution < -0.4 is 0 Å². The minimum atomic E-state index is -0.862. The molecule has 29 heavy (non-hydrogen) atoms. The van der Waals surface area contributed by atoms with Crippen molar-refractivity contribution in [3.63, 3.8) is 0 Å². The van der Waals surface area contributed by atoms with Gasteiger partial charge in [-0.3, -0.25) is 9.59 Å². The van der Waals surface area contributed by atoms with E-state index in [2.05, 4.69) is 10.0 Å². The van der Waals surface area contributed by atoms with Gasteiger partial charge in [-0.15, -0.1) is 11.8 Å². The minimum absolute atomic E-state index is 0.124. The van der Waals surface area contributed by atoms with E-state index in [9.17, 15) is 9.59 Å². The lowest BCUT2D eigenvalue weighted by atomic mass is 9.91. The first-order valence-corrected chi connectivity index (χ1v) is 10.6. The smallest absolute Gasteiger partial charge is 0.303 e. The van der Waals surface area contributed by atoms with Crippen molar-refractivity contribution in [3.05, 3.63) is 44.3 Å². The van der Waals surface area contributed by atoms with Crippen LogP contribution in [-0.2, 0) is 29.6 Å². The van der Waals surface area contributed by atoms with Crippen molar-refractivity contribution in [2.45, 2.75) is 50.2 Å². The van der Waals surface area contributed by atoms with Crippen LogP contribution in [0.1, 0.15) is 26.3 Å². The second-order valence-electron chi connectivity index (χ2n) is 6.53. The van der Waals surface area contributed by atoms with Gasteiger partial charge in [0.2, 0.25) is 0 Å². The molecule has 1 aromatic rings. The van der Waals surface area contributed by atoms with Gasteiger partial charge in [-0.25, -0.2) is 0 Å². The second kappa shape index (κ2) is 10.9. The third-order valence-electron chi connectivity index (χ3n) is 4.32. The van der Waals surface area contributed by atoms with E-state index in [0.717, 1.165) is 5.56 Å². The average Bonchev–Trinajstić information content (AvgIpc) is 2.65. The van der Waals surface area contributed by atoms with Gasteiger partial charge in [0.25, 0.3) is 0 Å². The number of hydrogen-bond donors (Lipinski definition) is 0. The molecular weight excluding hydrogens is 441 g/mol. The number of hydrogen-bond acceptors (Lipinski definition) is 7. The topological polar surface area (TPSA) is 111 Å². The summed E-state index contributed by atoms with van der Waals surface area (Å²) in [6.45, 7) is 4.26. The van der Waals surface area contributed by atoms with Crippen LogP contribution in [0.25, 0.3) is 10.4 Å². The van der Waals surface area contributed by atoms with Crippen molar-refractivity contribution in [1.82, 2.24) is 0 Å². The number of carbonyl (C=O) groups excluding carboxylic acids is 2. The molecule has 0 aliphatic carbocycles. The molecule has 8 nitrogen and oxygen atoms in total. The van der Waals surface area contributed by atoms with Gasteiger partial charge in [0.1, 0.15) is 24.3 Å². The van der Waals surface area contributed by atoms with Crippen LogP contribution in [0.3, 0.4) is 0 Å². The molecule has 0 N–H and O–H groups in total. The summed E-state index contributed by atoms with van der Waals surface area (Å²) in [5, 5.41) is 4.76. The molecule has 0 radical (unpaired) electrons. The molecule has 0 bridgehead atoms. The number of benzene rings is 1. The summed E-state index contributed by atoms with van der Waals surface area (Å²) in [6.07, 6.45) is -1.62. The fraction of sp³-hybridized carbons (Fsp3) is 0.556. The Morgan fingerprint density at radius 1 is 1.28 bits per heavy atom. The van der Waals surface area contributed by atoms with Gasteiger partial charge in [-0.05, 0) is 23.2 Å². The molecule has 0 saturated carbocycles. The van der Waals surface area contributed by atoms with Crippen LogP contribution in [0.4, 0.5) is 0 Å². The predicted octanol–water partition coefficient (Wildman–Crippen LogP) is 4.76. The lowest BCUT2D eigenvalue weighted by molar-refractivity contribution is -0.182. The van der Waals surface area contributed by atoms with Gasteiger partial charge >= 0.3 is 11.9 Å². The fourth-order valence-electron chi connectivity index (χ4n) is 2.95. The number of ether oxygens (including phenoxy) is 3. The molecule has 5 atom stereocenters. The van der Waals surface area contributed by atoms with E-state index >= 15 is 0 Å². The number of azide groups is 1. The largest absolute Gasteiger partial charge is 0.463 e. The number of carbonyl (C=O) groups is 2. The molecule has 1 fully saturated rings. The highest BCUT2D eigenvalue weighted by Gasteiger charge is 2.46. The standard InChI is InChI=1S/C18H21Cl2N3O5S/c1-9-16(22-23-21)17(27-11(3)25)15(7-26-10(2)24)28-18(9)29-8-12-4-5-13(19)14(20)6-12/h4-6,9,15-18H,7-8H2,1-3H3/t9?,15?,16-,17+,18-/m1/s1. The highest BCUT2D eigenvalue weighted by Crippen LogP contribution is 2.38. The summed E-state index contributed by atoms with van der Waals surface area (Å²) in [5.74, 6) is -0.739. The molecule has 1 aliphatic rings. The van der Waals surface area contributed by atoms with Crippen molar-refractivity contribution in [1.29, 1.82) is 0 Å². The summed E-state index contributed by atoms with van der Waals surface area (Å²) < 4.78 is 16.5. The molecule has 158 valence electrons. The third kappa shape index (κ3) is 6.69. The van der Waals surface area contributed by atoms with E-state index in [0.29, 0.717) is 15.8 Å². The van der Waals surface area contributed by atoms with Crippen LogP contribution in [0, 0.1) is 5.92 Å². The number of thioether (sulfide) groups is 1. The maximum Gasteiger partial charge on any atom is 0.303 e. The maximum atomic E-state index is 11.6. The van der Waals surface area contributed by atoms with Crippen LogP contribution in [0.15, 0.2) is 23.3 Å². The van der Waals surface area contributed by atoms with E-state index in [1.165, 1.54) is 25.6 Å². The Hall–Kier alpha value is -1.64. The first-order valence-electron chi connectivity index (χ1n) is 8.78. The highest BCUT2D eigenvalue weighted by atomic mass is 35.5. The summed E-state index contributed by atoms with van der Waals surface area (Å²) in [6, 6.07) is 4.67. The van der Waals surface area contributed by atoms with Crippen molar-refractivity contribution in [2.75, 3.05) is 6.61 Å². The average molecular weight is 462 g/mol. The zero-order chi connectivity index (χ0) is 21.6. The lowest BCUT2D eigenvalue weighted by Gasteiger charge is -2.43. The van der Waals surface area contributed by atoms with Crippen molar-refractivity contribution >= 4 is 46.9 Å². The molecule has 1 aromatic carbocycles. The molecule has 1 heterocycles. The molecule has 1 saturated heterocycles. The SMILES string of the molecule is CC(=O)OCC1O[C@H](SCc2ccc(Cl)c(Cl)c2)C(C)[C@@H](N=[N+]=[N-])[C@H]1OC(C)=O. The molecule has 2 rings (SSSR count). The number of esters is 2. The fourth-order valence-corrected chi connectivity index (χ4v) is 4.50. The van der Waals surface area contributed by atoms with Gasteiger partial charge in [-0.1, -0.05) is 41.3 Å². The molecule has 1 aliphatic heterocycles. The highest BCUT2D eigenvalue weighted by molar-refractivity contribution is 7.99. The normalized spacial score (nSPS) is 26.3. The Balaban J connectivity index is 2.20. The zero-order valence-corrected chi connectivity index (χ0v) is 18.4. The molecular formula is C18H21Cl2N3O5S. The van der Waals surface area contributed by atoms with Gasteiger partial charge in [0, 0.05) is 30.4 Å². The van der Waals surface area contributed by atoms with Gasteiger partial charge in [0.15, 0.2) is 0 Å². The van der Waals surface area contributed by atoms with Gasteiger partial charge < -0.3 is 14.2 Å². The Kier molecular flexibility index (Phi) is 8.92. The Labute approximate surface area is 182 Å². The molecule has 0 aromatic heterocycles. The lowest BCUT2D eigenvalue weighted by Crippen LogP contribution is -2.55. The summed E-state index contributed by atoms with van der Waals surface area (Å²) in [4.78, 5) is 25.7. The van der Waals surface area contributed by atoms with Crippen molar-refractivity contribution in [3.8, 4) is 0 Å². The Bertz CT molecular complexity index is 806. The van der Waals surface area contributed by atoms with E-state index in [-0.39, 0.29) is 12.5 Å². The van der Waals surface area contributed by atoms with E-state index < -0.39 is 35.6 Å². The van der Waals surface area contributed by atoms with Gasteiger partial charge in [-0.2, -0.15) is 0 Å². The van der Waals surface area contributed by atoms with Crippen molar-refractivity contribution < 1.29 is 23.8 Å². The van der Waals surface area contributed by atoms with E-state index in [1.54, 1.807) is 12.1 Å². The number of rotatable bonds is 7. The molecule has 0 amide bonds. The first kappa shape index (κ1) is 23.6. The van der Waals surface area contributed by atoms with Crippen LogP contribution in [0.2, 0.25) is 10.0 Å².